The second-order valence-electron chi connectivity index (χ2n) is 3.59. The van der Waals surface area contributed by atoms with Crippen LogP contribution in [0.4, 0.5) is 4.39 Å². The summed E-state index contributed by atoms with van der Waals surface area (Å²) in [5, 5.41) is 8.48. The standard InChI is InChI=1S/C10H11ClFNO4S/c1-6(10(14)15)13(2)18(16,17)9-7(11)4-3-5-8(9)12/h3-6H,1-2H3,(H,14,15). The maximum Gasteiger partial charge on any atom is 0.321 e. The molecule has 0 heterocycles. The van der Waals surface area contributed by atoms with Crippen LogP contribution in [-0.2, 0) is 14.8 Å². The minimum atomic E-state index is -4.30. The molecule has 0 bridgehead atoms. The van der Waals surface area contributed by atoms with Crippen molar-refractivity contribution < 1.29 is 22.7 Å². The molecule has 0 aliphatic heterocycles. The number of carboxylic acid groups (broad SMARTS) is 1. The number of benzene rings is 1. The van der Waals surface area contributed by atoms with Crippen molar-refractivity contribution in [1.29, 1.82) is 0 Å². The first-order chi connectivity index (χ1) is 8.19. The molecule has 1 aromatic carbocycles. The number of rotatable bonds is 4. The van der Waals surface area contributed by atoms with Crippen LogP contribution in [0, 0.1) is 5.82 Å². The number of nitrogens with zero attached hydrogens (tertiary/aromatic N) is 1. The van der Waals surface area contributed by atoms with Gasteiger partial charge in [0.2, 0.25) is 10.0 Å². The third-order valence-electron chi connectivity index (χ3n) is 2.46. The molecule has 0 aromatic heterocycles. The molecular weight excluding hydrogens is 285 g/mol. The van der Waals surface area contributed by atoms with Gasteiger partial charge in [0, 0.05) is 7.05 Å². The van der Waals surface area contributed by atoms with Crippen LogP contribution in [0.5, 0.6) is 0 Å². The molecule has 0 saturated heterocycles. The van der Waals surface area contributed by atoms with Gasteiger partial charge in [-0.1, -0.05) is 17.7 Å². The maximum absolute atomic E-state index is 13.5. The number of carboxylic acids is 1. The number of likely N-dealkylation sites (N-methyl/N-ethyl adjacent to an activating group) is 1. The van der Waals surface area contributed by atoms with Gasteiger partial charge in [0.25, 0.3) is 0 Å². The highest BCUT2D eigenvalue weighted by Gasteiger charge is 2.33. The molecule has 0 fully saturated rings. The number of aliphatic carboxylic acids is 1. The summed E-state index contributed by atoms with van der Waals surface area (Å²) in [5.74, 6) is -2.36. The SMILES string of the molecule is CC(C(=O)O)N(C)S(=O)(=O)c1c(F)cccc1Cl. The monoisotopic (exact) mass is 295 g/mol. The minimum Gasteiger partial charge on any atom is -0.480 e. The zero-order chi connectivity index (χ0) is 14.1. The summed E-state index contributed by atoms with van der Waals surface area (Å²) in [4.78, 5) is 10.0. The van der Waals surface area contributed by atoms with Gasteiger partial charge in [0.1, 0.15) is 16.8 Å². The average molecular weight is 296 g/mol. The van der Waals surface area contributed by atoms with Crippen LogP contribution in [0.1, 0.15) is 6.92 Å². The second-order valence-corrected chi connectivity index (χ2v) is 5.93. The molecule has 1 N–H and O–H groups in total. The Kier molecular flexibility index (Phi) is 4.31. The van der Waals surface area contributed by atoms with Crippen LogP contribution in [-0.4, -0.2) is 36.9 Å². The zero-order valence-corrected chi connectivity index (χ0v) is 11.2. The van der Waals surface area contributed by atoms with Crippen LogP contribution in [0.25, 0.3) is 0 Å². The van der Waals surface area contributed by atoms with E-state index in [4.69, 9.17) is 16.7 Å². The van der Waals surface area contributed by atoms with Crippen LogP contribution in [0.2, 0.25) is 5.02 Å². The third-order valence-corrected chi connectivity index (χ3v) is 4.89. The van der Waals surface area contributed by atoms with Gasteiger partial charge in [-0.15, -0.1) is 0 Å². The van der Waals surface area contributed by atoms with Crippen LogP contribution >= 0.6 is 11.6 Å². The van der Waals surface area contributed by atoms with Crippen molar-refractivity contribution in [2.24, 2.45) is 0 Å². The van der Waals surface area contributed by atoms with Crippen LogP contribution in [0.3, 0.4) is 0 Å². The minimum absolute atomic E-state index is 0.292. The molecule has 8 heteroatoms. The topological polar surface area (TPSA) is 74.7 Å². The highest BCUT2D eigenvalue weighted by Crippen LogP contribution is 2.27. The van der Waals surface area contributed by atoms with E-state index in [9.17, 15) is 17.6 Å². The molecule has 18 heavy (non-hydrogen) atoms. The van der Waals surface area contributed by atoms with Crippen molar-refractivity contribution in [3.8, 4) is 0 Å². The largest absolute Gasteiger partial charge is 0.480 e. The molecule has 1 atom stereocenters. The summed E-state index contributed by atoms with van der Waals surface area (Å²) in [7, 11) is -3.25. The van der Waals surface area contributed by atoms with E-state index in [1.807, 2.05) is 0 Å². The second kappa shape index (κ2) is 5.21. The normalized spacial score (nSPS) is 13.6. The van der Waals surface area contributed by atoms with Gasteiger partial charge >= 0.3 is 5.97 Å². The van der Waals surface area contributed by atoms with E-state index in [1.165, 1.54) is 19.1 Å². The van der Waals surface area contributed by atoms with Crippen molar-refractivity contribution in [2.75, 3.05) is 7.05 Å². The first-order valence-electron chi connectivity index (χ1n) is 4.84. The molecule has 0 spiro atoms. The van der Waals surface area contributed by atoms with E-state index in [-0.39, 0.29) is 5.02 Å². The molecule has 0 aliphatic rings. The van der Waals surface area contributed by atoms with Crippen molar-refractivity contribution in [1.82, 2.24) is 4.31 Å². The number of sulfonamides is 1. The Morgan fingerprint density at radius 2 is 2.06 bits per heavy atom. The van der Waals surface area contributed by atoms with Gasteiger partial charge in [0.15, 0.2) is 0 Å². The van der Waals surface area contributed by atoms with E-state index in [0.29, 0.717) is 4.31 Å². The lowest BCUT2D eigenvalue weighted by Crippen LogP contribution is -2.40. The zero-order valence-electron chi connectivity index (χ0n) is 9.59. The Hall–Kier alpha value is -1.18. The van der Waals surface area contributed by atoms with Gasteiger partial charge < -0.3 is 5.11 Å². The lowest BCUT2D eigenvalue weighted by atomic mass is 10.3. The summed E-state index contributed by atoms with van der Waals surface area (Å²) in [6.45, 7) is 1.18. The molecule has 0 radical (unpaired) electrons. The highest BCUT2D eigenvalue weighted by molar-refractivity contribution is 7.89. The molecule has 1 aromatic rings. The summed E-state index contributed by atoms with van der Waals surface area (Å²) in [6.07, 6.45) is 0. The first-order valence-corrected chi connectivity index (χ1v) is 6.66. The van der Waals surface area contributed by atoms with E-state index in [0.717, 1.165) is 13.1 Å². The van der Waals surface area contributed by atoms with Crippen LogP contribution < -0.4 is 0 Å². The van der Waals surface area contributed by atoms with Gasteiger partial charge in [-0.05, 0) is 19.1 Å². The maximum atomic E-state index is 13.5. The van der Waals surface area contributed by atoms with Gasteiger partial charge in [-0.3, -0.25) is 4.79 Å². The van der Waals surface area contributed by atoms with E-state index >= 15 is 0 Å². The number of hydrogen-bond donors (Lipinski definition) is 1. The smallest absolute Gasteiger partial charge is 0.321 e. The molecule has 1 unspecified atom stereocenters. The fourth-order valence-corrected chi connectivity index (χ4v) is 3.12. The quantitative estimate of drug-likeness (QED) is 0.915. The first kappa shape index (κ1) is 14.9. The fourth-order valence-electron chi connectivity index (χ4n) is 1.24. The lowest BCUT2D eigenvalue weighted by Gasteiger charge is -2.21. The summed E-state index contributed by atoms with van der Waals surface area (Å²) in [6, 6.07) is 2.09. The molecule has 1 rings (SSSR count). The van der Waals surface area contributed by atoms with Gasteiger partial charge in [-0.2, -0.15) is 4.31 Å². The van der Waals surface area contributed by atoms with Gasteiger partial charge in [-0.25, -0.2) is 12.8 Å². The van der Waals surface area contributed by atoms with Crippen LogP contribution in [0.15, 0.2) is 23.1 Å². The van der Waals surface area contributed by atoms with E-state index in [2.05, 4.69) is 0 Å². The molecule has 5 nitrogen and oxygen atoms in total. The number of halogens is 2. The van der Waals surface area contributed by atoms with E-state index in [1.54, 1.807) is 0 Å². The van der Waals surface area contributed by atoms with Crippen molar-refractivity contribution in [3.63, 3.8) is 0 Å². The van der Waals surface area contributed by atoms with E-state index < -0.39 is 32.7 Å². The molecule has 100 valence electrons. The fraction of sp³-hybridized carbons (Fsp3) is 0.300. The molecule has 0 aliphatic carbocycles. The highest BCUT2D eigenvalue weighted by atomic mass is 35.5. The summed E-state index contributed by atoms with van der Waals surface area (Å²) in [5.41, 5.74) is 0. The Labute approximate surface area is 109 Å². The van der Waals surface area contributed by atoms with Crippen molar-refractivity contribution >= 4 is 27.6 Å². The lowest BCUT2D eigenvalue weighted by molar-refractivity contribution is -0.140. The Balaban J connectivity index is 3.35. The average Bonchev–Trinajstić information content (AvgIpc) is 2.26. The third kappa shape index (κ3) is 2.63. The predicted molar refractivity (Wildman–Crippen MR) is 63.5 cm³/mol. The number of carbonyl (C=O) groups is 1. The number of hydrogen-bond acceptors (Lipinski definition) is 3. The van der Waals surface area contributed by atoms with Gasteiger partial charge in [0.05, 0.1) is 5.02 Å². The molecule has 0 amide bonds. The van der Waals surface area contributed by atoms with Crippen molar-refractivity contribution in [2.45, 2.75) is 17.9 Å². The summed E-state index contributed by atoms with van der Waals surface area (Å²) < 4.78 is 38.2. The Bertz CT molecular complexity index is 555. The molecule has 0 saturated carbocycles. The predicted octanol–water partition coefficient (Wildman–Crippen LogP) is 1.57. The molecular formula is C10H11ClFNO4S. The summed E-state index contributed by atoms with van der Waals surface area (Å²) >= 11 is 5.65. The van der Waals surface area contributed by atoms with Crippen molar-refractivity contribution in [3.05, 3.63) is 29.0 Å². The Morgan fingerprint density at radius 1 is 1.50 bits per heavy atom. The Morgan fingerprint density at radius 3 is 2.50 bits per heavy atom.